The zero-order chi connectivity index (χ0) is 12.3. The summed E-state index contributed by atoms with van der Waals surface area (Å²) in [5.74, 6) is -1.21. The minimum atomic E-state index is -0.939. The van der Waals surface area contributed by atoms with Gasteiger partial charge in [0.15, 0.2) is 0 Å². The van der Waals surface area contributed by atoms with Crippen molar-refractivity contribution >= 4 is 17.6 Å². The van der Waals surface area contributed by atoms with E-state index in [0.29, 0.717) is 5.56 Å². The van der Waals surface area contributed by atoms with E-state index < -0.39 is 11.8 Å². The van der Waals surface area contributed by atoms with Crippen LogP contribution in [0.4, 0.5) is 4.39 Å². The van der Waals surface area contributed by atoms with Crippen molar-refractivity contribution < 1.29 is 14.3 Å². The molecule has 1 rings (SSSR count). The normalized spacial score (nSPS) is 10.8. The molecule has 0 aromatic heterocycles. The summed E-state index contributed by atoms with van der Waals surface area (Å²) in [4.78, 5) is 10.4. The monoisotopic (exact) mass is 244 g/mol. The lowest BCUT2D eigenvalue weighted by Gasteiger charge is -2.10. The van der Waals surface area contributed by atoms with Gasteiger partial charge in [-0.1, -0.05) is 31.5 Å². The maximum atomic E-state index is 13.6. The standard InChI is InChI=1S/C12H14ClFO2/c1-7(2)9-5-8(3-4-11(15)16)12(14)10(13)6-9/h5-7H,3-4H2,1-2H3,(H,15,16). The van der Waals surface area contributed by atoms with Crippen LogP contribution in [-0.4, -0.2) is 11.1 Å². The topological polar surface area (TPSA) is 37.3 Å². The summed E-state index contributed by atoms with van der Waals surface area (Å²) < 4.78 is 13.6. The summed E-state index contributed by atoms with van der Waals surface area (Å²) in [7, 11) is 0. The van der Waals surface area contributed by atoms with Gasteiger partial charge in [-0.15, -0.1) is 0 Å². The predicted octanol–water partition coefficient (Wildman–Crippen LogP) is 3.62. The Morgan fingerprint density at radius 1 is 1.50 bits per heavy atom. The van der Waals surface area contributed by atoms with Crippen molar-refractivity contribution in [2.45, 2.75) is 32.6 Å². The molecule has 0 spiro atoms. The van der Waals surface area contributed by atoms with Gasteiger partial charge in [0.2, 0.25) is 0 Å². The number of hydrogen-bond donors (Lipinski definition) is 1. The Hall–Kier alpha value is -1.09. The third-order valence-corrected chi connectivity index (χ3v) is 2.68. The van der Waals surface area contributed by atoms with E-state index in [1.807, 2.05) is 13.8 Å². The van der Waals surface area contributed by atoms with Crippen LogP contribution in [0.5, 0.6) is 0 Å². The molecule has 0 saturated heterocycles. The Balaban J connectivity index is 3.01. The van der Waals surface area contributed by atoms with E-state index in [1.54, 1.807) is 12.1 Å². The third kappa shape index (κ3) is 3.20. The van der Waals surface area contributed by atoms with E-state index in [4.69, 9.17) is 16.7 Å². The first-order valence-electron chi connectivity index (χ1n) is 5.11. The first kappa shape index (κ1) is 13.0. The Morgan fingerprint density at radius 3 is 2.62 bits per heavy atom. The molecule has 0 bridgehead atoms. The minimum absolute atomic E-state index is 0.0617. The molecule has 2 nitrogen and oxygen atoms in total. The van der Waals surface area contributed by atoms with Gasteiger partial charge in [0, 0.05) is 6.42 Å². The average molecular weight is 245 g/mol. The number of benzene rings is 1. The smallest absolute Gasteiger partial charge is 0.303 e. The van der Waals surface area contributed by atoms with E-state index >= 15 is 0 Å². The lowest BCUT2D eigenvalue weighted by atomic mass is 9.98. The Morgan fingerprint density at radius 2 is 2.12 bits per heavy atom. The van der Waals surface area contributed by atoms with E-state index in [1.165, 1.54) is 0 Å². The number of rotatable bonds is 4. The molecule has 0 amide bonds. The zero-order valence-corrected chi connectivity index (χ0v) is 10.0. The molecule has 16 heavy (non-hydrogen) atoms. The molecule has 0 fully saturated rings. The quantitative estimate of drug-likeness (QED) is 0.878. The lowest BCUT2D eigenvalue weighted by Crippen LogP contribution is -2.01. The van der Waals surface area contributed by atoms with Gasteiger partial charge in [0.05, 0.1) is 5.02 Å². The highest BCUT2D eigenvalue weighted by Gasteiger charge is 2.12. The third-order valence-electron chi connectivity index (χ3n) is 2.40. The largest absolute Gasteiger partial charge is 0.481 e. The van der Waals surface area contributed by atoms with Crippen LogP contribution in [0.15, 0.2) is 12.1 Å². The van der Waals surface area contributed by atoms with E-state index in [9.17, 15) is 9.18 Å². The molecule has 0 radical (unpaired) electrons. The summed E-state index contributed by atoms with van der Waals surface area (Å²) in [6.07, 6.45) is 0.0796. The van der Waals surface area contributed by atoms with Crippen LogP contribution in [0.2, 0.25) is 5.02 Å². The highest BCUT2D eigenvalue weighted by Crippen LogP contribution is 2.26. The van der Waals surface area contributed by atoms with E-state index in [0.717, 1.165) is 5.56 Å². The van der Waals surface area contributed by atoms with Gasteiger partial charge in [-0.2, -0.15) is 0 Å². The molecule has 0 atom stereocenters. The van der Waals surface area contributed by atoms with Crippen LogP contribution in [0, 0.1) is 5.82 Å². The highest BCUT2D eigenvalue weighted by atomic mass is 35.5. The second-order valence-corrected chi connectivity index (χ2v) is 4.43. The molecule has 0 aliphatic heterocycles. The van der Waals surface area contributed by atoms with Crippen molar-refractivity contribution in [1.29, 1.82) is 0 Å². The number of hydrogen-bond acceptors (Lipinski definition) is 1. The summed E-state index contributed by atoms with van der Waals surface area (Å²) in [5, 5.41) is 8.62. The number of carboxylic acid groups (broad SMARTS) is 1. The number of aliphatic carboxylic acids is 1. The summed E-state index contributed by atoms with van der Waals surface area (Å²) in [6, 6.07) is 3.28. The second kappa shape index (κ2) is 5.30. The fraction of sp³-hybridized carbons (Fsp3) is 0.417. The molecule has 0 saturated carbocycles. The molecule has 1 aromatic rings. The molecule has 0 heterocycles. The first-order valence-corrected chi connectivity index (χ1v) is 5.49. The van der Waals surface area contributed by atoms with Crippen molar-refractivity contribution in [3.05, 3.63) is 34.1 Å². The molecule has 0 unspecified atom stereocenters. The SMILES string of the molecule is CC(C)c1cc(Cl)c(F)c(CCC(=O)O)c1. The van der Waals surface area contributed by atoms with Crippen LogP contribution >= 0.6 is 11.6 Å². The van der Waals surface area contributed by atoms with Crippen LogP contribution in [-0.2, 0) is 11.2 Å². The maximum absolute atomic E-state index is 13.6. The molecule has 0 aliphatic carbocycles. The van der Waals surface area contributed by atoms with Crippen LogP contribution in [0.25, 0.3) is 0 Å². The number of carbonyl (C=O) groups is 1. The van der Waals surface area contributed by atoms with Crippen molar-refractivity contribution in [3.8, 4) is 0 Å². The van der Waals surface area contributed by atoms with Crippen LogP contribution in [0.1, 0.15) is 37.3 Å². The molecule has 0 aliphatic rings. The van der Waals surface area contributed by atoms with Crippen LogP contribution in [0.3, 0.4) is 0 Å². The first-order chi connectivity index (χ1) is 7.41. The van der Waals surface area contributed by atoms with Gasteiger partial charge in [0.25, 0.3) is 0 Å². The molecule has 88 valence electrons. The summed E-state index contributed by atoms with van der Waals surface area (Å²) in [6.45, 7) is 3.95. The molecule has 1 aromatic carbocycles. The van der Waals surface area contributed by atoms with Gasteiger partial charge in [-0.05, 0) is 29.5 Å². The fourth-order valence-electron chi connectivity index (χ4n) is 1.43. The Bertz CT molecular complexity index is 402. The van der Waals surface area contributed by atoms with E-state index in [2.05, 4.69) is 0 Å². The highest BCUT2D eigenvalue weighted by molar-refractivity contribution is 6.30. The predicted molar refractivity (Wildman–Crippen MR) is 61.5 cm³/mol. The van der Waals surface area contributed by atoms with Crippen molar-refractivity contribution in [2.24, 2.45) is 0 Å². The van der Waals surface area contributed by atoms with Crippen LogP contribution < -0.4 is 0 Å². The maximum Gasteiger partial charge on any atom is 0.303 e. The van der Waals surface area contributed by atoms with E-state index in [-0.39, 0.29) is 23.8 Å². The molecule has 1 N–H and O–H groups in total. The minimum Gasteiger partial charge on any atom is -0.481 e. The van der Waals surface area contributed by atoms with Crippen molar-refractivity contribution in [2.75, 3.05) is 0 Å². The van der Waals surface area contributed by atoms with Gasteiger partial charge >= 0.3 is 5.97 Å². The molecular formula is C12H14ClFO2. The number of aryl methyl sites for hydroxylation is 1. The number of halogens is 2. The van der Waals surface area contributed by atoms with Gasteiger partial charge < -0.3 is 5.11 Å². The number of carboxylic acids is 1. The van der Waals surface area contributed by atoms with Crippen molar-refractivity contribution in [3.63, 3.8) is 0 Å². The van der Waals surface area contributed by atoms with Gasteiger partial charge in [-0.3, -0.25) is 4.79 Å². The Labute approximate surface area is 99.0 Å². The molecular weight excluding hydrogens is 231 g/mol. The zero-order valence-electron chi connectivity index (χ0n) is 9.26. The second-order valence-electron chi connectivity index (χ2n) is 4.02. The fourth-order valence-corrected chi connectivity index (χ4v) is 1.67. The summed E-state index contributed by atoms with van der Waals surface area (Å²) in [5.41, 5.74) is 1.30. The average Bonchev–Trinajstić information content (AvgIpc) is 2.19. The Kier molecular flexibility index (Phi) is 4.30. The molecule has 4 heteroatoms. The van der Waals surface area contributed by atoms with Crippen molar-refractivity contribution in [1.82, 2.24) is 0 Å². The lowest BCUT2D eigenvalue weighted by molar-refractivity contribution is -0.136. The summed E-state index contributed by atoms with van der Waals surface area (Å²) >= 11 is 5.76. The van der Waals surface area contributed by atoms with Gasteiger partial charge in [0.1, 0.15) is 5.82 Å². The van der Waals surface area contributed by atoms with Gasteiger partial charge in [-0.25, -0.2) is 4.39 Å².